The van der Waals surface area contributed by atoms with E-state index in [9.17, 15) is 13.2 Å². The molecule has 0 fully saturated rings. The van der Waals surface area contributed by atoms with E-state index < -0.39 is 15.9 Å². The van der Waals surface area contributed by atoms with Crippen LogP contribution in [0.2, 0.25) is 0 Å². The zero-order valence-electron chi connectivity index (χ0n) is 9.05. The average molecular weight is 261 g/mol. The maximum Gasteiger partial charge on any atom is 0.154 e. The van der Waals surface area contributed by atoms with E-state index in [0.29, 0.717) is 6.42 Å². The van der Waals surface area contributed by atoms with Crippen LogP contribution in [0.15, 0.2) is 17.5 Å². The highest BCUT2D eigenvalue weighted by Gasteiger charge is 2.16. The van der Waals surface area contributed by atoms with Crippen LogP contribution < -0.4 is 5.73 Å². The van der Waals surface area contributed by atoms with Crippen LogP contribution in [0.25, 0.3) is 0 Å². The molecule has 0 radical (unpaired) electrons. The van der Waals surface area contributed by atoms with Gasteiger partial charge in [-0.3, -0.25) is 4.79 Å². The summed E-state index contributed by atoms with van der Waals surface area (Å²) in [5.74, 6) is -0.143. The van der Waals surface area contributed by atoms with Crippen LogP contribution in [-0.2, 0) is 21.1 Å². The van der Waals surface area contributed by atoms with Crippen molar-refractivity contribution in [2.75, 3.05) is 12.0 Å². The Morgan fingerprint density at radius 1 is 1.56 bits per heavy atom. The molecule has 1 unspecified atom stereocenters. The third-order valence-electron chi connectivity index (χ3n) is 2.14. The van der Waals surface area contributed by atoms with Crippen LogP contribution in [0.1, 0.15) is 11.3 Å². The van der Waals surface area contributed by atoms with Crippen molar-refractivity contribution in [2.45, 2.75) is 18.9 Å². The fourth-order valence-corrected chi connectivity index (χ4v) is 2.61. The number of thiophene rings is 1. The molecule has 1 aromatic rings. The number of nitrogens with two attached hydrogens (primary N) is 1. The number of rotatable bonds is 6. The summed E-state index contributed by atoms with van der Waals surface area (Å²) in [5, 5.41) is 1.89. The van der Waals surface area contributed by atoms with Crippen molar-refractivity contribution in [2.24, 2.45) is 5.73 Å². The molecule has 0 bridgehead atoms. The maximum atomic E-state index is 11.6. The molecule has 0 spiro atoms. The van der Waals surface area contributed by atoms with Gasteiger partial charge in [0.15, 0.2) is 5.78 Å². The monoisotopic (exact) mass is 261 g/mol. The molecule has 6 heteroatoms. The van der Waals surface area contributed by atoms with Crippen LogP contribution in [0.3, 0.4) is 0 Å². The summed E-state index contributed by atoms with van der Waals surface area (Å²) in [5.41, 5.74) is 5.63. The summed E-state index contributed by atoms with van der Waals surface area (Å²) in [6.07, 6.45) is 1.63. The Morgan fingerprint density at radius 3 is 2.75 bits per heavy atom. The van der Waals surface area contributed by atoms with Gasteiger partial charge in [-0.05, 0) is 17.9 Å². The highest BCUT2D eigenvalue weighted by atomic mass is 32.2. The number of ketones is 1. The van der Waals surface area contributed by atoms with Crippen molar-refractivity contribution >= 4 is 27.0 Å². The first kappa shape index (κ1) is 13.3. The number of carbonyl (C=O) groups is 1. The summed E-state index contributed by atoms with van der Waals surface area (Å²) in [7, 11) is -3.04. The lowest BCUT2D eigenvalue weighted by molar-refractivity contribution is -0.119. The van der Waals surface area contributed by atoms with Gasteiger partial charge < -0.3 is 5.73 Å². The zero-order valence-corrected chi connectivity index (χ0v) is 10.7. The van der Waals surface area contributed by atoms with E-state index in [4.69, 9.17) is 5.73 Å². The van der Waals surface area contributed by atoms with E-state index in [2.05, 4.69) is 0 Å². The Bertz CT molecular complexity index is 437. The van der Waals surface area contributed by atoms with E-state index in [-0.39, 0.29) is 18.0 Å². The third-order valence-corrected chi connectivity index (χ3v) is 4.00. The quantitative estimate of drug-likeness (QED) is 0.814. The van der Waals surface area contributed by atoms with Crippen LogP contribution in [0.5, 0.6) is 0 Å². The standard InChI is InChI=1S/C10H15NO3S2/c1-16(13,14)6-4-9(11)10(12)7-8-3-2-5-15-8/h2-3,5,9H,4,6-7,11H2,1H3. The van der Waals surface area contributed by atoms with Gasteiger partial charge in [-0.1, -0.05) is 6.07 Å². The van der Waals surface area contributed by atoms with Gasteiger partial charge >= 0.3 is 0 Å². The van der Waals surface area contributed by atoms with E-state index in [1.165, 1.54) is 11.3 Å². The average Bonchev–Trinajstić information content (AvgIpc) is 2.65. The summed E-state index contributed by atoms with van der Waals surface area (Å²) < 4.78 is 21.8. The largest absolute Gasteiger partial charge is 0.321 e. The molecule has 0 saturated heterocycles. The van der Waals surface area contributed by atoms with Gasteiger partial charge in [-0.25, -0.2) is 8.42 Å². The molecule has 2 N–H and O–H groups in total. The number of sulfone groups is 1. The van der Waals surface area contributed by atoms with Crippen LogP contribution >= 0.6 is 11.3 Å². The van der Waals surface area contributed by atoms with Gasteiger partial charge in [0, 0.05) is 17.6 Å². The molecule has 16 heavy (non-hydrogen) atoms. The van der Waals surface area contributed by atoms with Crippen molar-refractivity contribution < 1.29 is 13.2 Å². The smallest absolute Gasteiger partial charge is 0.154 e. The number of Topliss-reactive ketones (excluding diaryl/α,β-unsaturated/α-hetero) is 1. The number of hydrogen-bond acceptors (Lipinski definition) is 5. The molecule has 4 nitrogen and oxygen atoms in total. The van der Waals surface area contributed by atoms with Gasteiger partial charge in [-0.2, -0.15) is 0 Å². The Kier molecular flexibility index (Phi) is 4.64. The zero-order chi connectivity index (χ0) is 12.2. The lowest BCUT2D eigenvalue weighted by atomic mass is 10.1. The molecule has 0 saturated carbocycles. The lowest BCUT2D eigenvalue weighted by Crippen LogP contribution is -2.33. The van der Waals surface area contributed by atoms with Crippen LogP contribution in [-0.4, -0.2) is 32.3 Å². The SMILES string of the molecule is CS(=O)(=O)CCC(N)C(=O)Cc1cccs1. The molecular formula is C10H15NO3S2. The Labute approximate surface area is 99.4 Å². The Balaban J connectivity index is 2.42. The second-order valence-corrected chi connectivity index (χ2v) is 7.04. The minimum atomic E-state index is -3.04. The van der Waals surface area contributed by atoms with Crippen molar-refractivity contribution in [1.82, 2.24) is 0 Å². The first-order valence-corrected chi connectivity index (χ1v) is 7.81. The third kappa shape index (κ3) is 4.87. The fraction of sp³-hybridized carbons (Fsp3) is 0.500. The topological polar surface area (TPSA) is 77.2 Å². The van der Waals surface area contributed by atoms with Crippen molar-refractivity contribution in [3.8, 4) is 0 Å². The molecule has 0 aliphatic rings. The van der Waals surface area contributed by atoms with E-state index in [1.54, 1.807) is 0 Å². The molecule has 0 aromatic carbocycles. The predicted octanol–water partition coefficient (Wildman–Crippen LogP) is 0.622. The molecule has 1 aromatic heterocycles. The van der Waals surface area contributed by atoms with Gasteiger partial charge in [0.1, 0.15) is 9.84 Å². The second-order valence-electron chi connectivity index (χ2n) is 3.75. The lowest BCUT2D eigenvalue weighted by Gasteiger charge is -2.08. The van der Waals surface area contributed by atoms with E-state index >= 15 is 0 Å². The number of carbonyl (C=O) groups excluding carboxylic acids is 1. The second kappa shape index (κ2) is 5.56. The number of hydrogen-bond donors (Lipinski definition) is 1. The normalized spacial score (nSPS) is 13.6. The van der Waals surface area contributed by atoms with E-state index in [0.717, 1.165) is 11.1 Å². The molecular weight excluding hydrogens is 246 g/mol. The van der Waals surface area contributed by atoms with E-state index in [1.807, 2.05) is 17.5 Å². The molecule has 0 amide bonds. The van der Waals surface area contributed by atoms with Crippen LogP contribution in [0, 0.1) is 0 Å². The highest BCUT2D eigenvalue weighted by molar-refractivity contribution is 7.90. The van der Waals surface area contributed by atoms with Gasteiger partial charge in [0.05, 0.1) is 11.8 Å². The maximum absolute atomic E-state index is 11.6. The molecule has 1 atom stereocenters. The molecule has 0 aliphatic carbocycles. The van der Waals surface area contributed by atoms with Crippen molar-refractivity contribution in [3.05, 3.63) is 22.4 Å². The Morgan fingerprint density at radius 2 is 2.25 bits per heavy atom. The summed E-state index contributed by atoms with van der Waals surface area (Å²) in [6.45, 7) is 0. The minimum Gasteiger partial charge on any atom is -0.321 e. The van der Waals surface area contributed by atoms with Gasteiger partial charge in [-0.15, -0.1) is 11.3 Å². The molecule has 0 aliphatic heterocycles. The highest BCUT2D eigenvalue weighted by Crippen LogP contribution is 2.10. The minimum absolute atomic E-state index is 0.0374. The van der Waals surface area contributed by atoms with Gasteiger partial charge in [0.25, 0.3) is 0 Å². The van der Waals surface area contributed by atoms with Crippen LogP contribution in [0.4, 0.5) is 0 Å². The fourth-order valence-electron chi connectivity index (χ4n) is 1.22. The first-order chi connectivity index (χ1) is 7.38. The first-order valence-electron chi connectivity index (χ1n) is 4.87. The summed E-state index contributed by atoms with van der Waals surface area (Å²) in [6, 6.07) is 3.05. The van der Waals surface area contributed by atoms with Crippen molar-refractivity contribution in [1.29, 1.82) is 0 Å². The summed E-state index contributed by atoms with van der Waals surface area (Å²) in [4.78, 5) is 12.6. The molecule has 1 rings (SSSR count). The van der Waals surface area contributed by atoms with Crippen molar-refractivity contribution in [3.63, 3.8) is 0 Å². The molecule has 90 valence electrons. The van der Waals surface area contributed by atoms with Gasteiger partial charge in [0.2, 0.25) is 0 Å². The predicted molar refractivity (Wildman–Crippen MR) is 65.3 cm³/mol. The molecule has 1 heterocycles. The Hall–Kier alpha value is -0.720. The summed E-state index contributed by atoms with van der Waals surface area (Å²) >= 11 is 1.50.